The maximum atomic E-state index is 2.29. The van der Waals surface area contributed by atoms with Crippen molar-refractivity contribution >= 4 is 11.8 Å². The van der Waals surface area contributed by atoms with E-state index in [4.69, 9.17) is 0 Å². The average Bonchev–Trinajstić information content (AvgIpc) is 2.04. The van der Waals surface area contributed by atoms with E-state index in [0.717, 1.165) is 5.25 Å². The van der Waals surface area contributed by atoms with Crippen molar-refractivity contribution in [3.05, 3.63) is 0 Å². The molecule has 1 atom stereocenters. The molecule has 0 radical (unpaired) electrons. The van der Waals surface area contributed by atoms with Crippen molar-refractivity contribution in [2.45, 2.75) is 52.2 Å². The maximum absolute atomic E-state index is 2.29. The van der Waals surface area contributed by atoms with Crippen LogP contribution in [0.4, 0.5) is 0 Å². The lowest BCUT2D eigenvalue weighted by atomic mass is 10.2. The predicted octanol–water partition coefficient (Wildman–Crippen LogP) is 3.95. The van der Waals surface area contributed by atoms with E-state index in [1.54, 1.807) is 0 Å². The second-order valence-corrected chi connectivity index (χ2v) is 3.46. The van der Waals surface area contributed by atoms with Crippen molar-refractivity contribution in [3.8, 4) is 0 Å². The zero-order valence-corrected chi connectivity index (χ0v) is 8.92. The van der Waals surface area contributed by atoms with E-state index >= 15 is 0 Å². The minimum absolute atomic E-state index is 0.870. The third-order valence-corrected chi connectivity index (χ3v) is 2.41. The highest BCUT2D eigenvalue weighted by atomic mass is 32.2. The van der Waals surface area contributed by atoms with Crippen LogP contribution in [-0.2, 0) is 0 Å². The Morgan fingerprint density at radius 1 is 1.30 bits per heavy atom. The quantitative estimate of drug-likeness (QED) is 0.603. The van der Waals surface area contributed by atoms with Crippen LogP contribution in [-0.4, -0.2) is 11.5 Å². The minimum atomic E-state index is 0.870. The molecule has 0 saturated heterocycles. The predicted molar refractivity (Wildman–Crippen MR) is 53.9 cm³/mol. The summed E-state index contributed by atoms with van der Waals surface area (Å²) in [7, 11) is 0. The van der Waals surface area contributed by atoms with Gasteiger partial charge in [-0.05, 0) is 12.7 Å². The summed E-state index contributed by atoms with van der Waals surface area (Å²) in [6.07, 6.45) is 6.30. The summed E-state index contributed by atoms with van der Waals surface area (Å²) in [5.74, 6) is 0. The average molecular weight is 162 g/mol. The molecule has 0 spiro atoms. The molecule has 1 unspecified atom stereocenters. The first-order chi connectivity index (χ1) is 4.81. The van der Waals surface area contributed by atoms with Crippen LogP contribution in [0.1, 0.15) is 47.0 Å². The summed E-state index contributed by atoms with van der Waals surface area (Å²) in [6, 6.07) is 0. The molecule has 0 amide bonds. The van der Waals surface area contributed by atoms with E-state index in [1.165, 1.54) is 19.3 Å². The van der Waals surface area contributed by atoms with Crippen molar-refractivity contribution in [2.75, 3.05) is 6.26 Å². The third kappa shape index (κ3) is 11.2. The Labute approximate surface area is 70.8 Å². The Morgan fingerprint density at radius 3 is 2.10 bits per heavy atom. The molecule has 0 N–H and O–H groups in total. The summed E-state index contributed by atoms with van der Waals surface area (Å²) in [5.41, 5.74) is 0. The van der Waals surface area contributed by atoms with Crippen LogP contribution in [0.5, 0.6) is 0 Å². The van der Waals surface area contributed by atoms with Gasteiger partial charge in [0.25, 0.3) is 0 Å². The molecule has 0 aromatic rings. The Bertz CT molecular complexity index is 44.0. The highest BCUT2D eigenvalue weighted by Crippen LogP contribution is 2.12. The monoisotopic (exact) mass is 162 g/mol. The number of rotatable bonds is 4. The standard InChI is InChI=1S/C7H16S.C2H6/c1-4-5-6-7(2)8-3;1-2/h7H,4-6H2,1-3H3;1-2H3. The van der Waals surface area contributed by atoms with Crippen LogP contribution >= 0.6 is 11.8 Å². The van der Waals surface area contributed by atoms with Gasteiger partial charge in [-0.15, -0.1) is 0 Å². The fourth-order valence-electron chi connectivity index (χ4n) is 0.609. The molecule has 0 aliphatic carbocycles. The first-order valence-electron chi connectivity index (χ1n) is 4.34. The molecular weight excluding hydrogens is 140 g/mol. The van der Waals surface area contributed by atoms with Crippen LogP contribution < -0.4 is 0 Å². The molecule has 0 fully saturated rings. The van der Waals surface area contributed by atoms with Gasteiger partial charge < -0.3 is 0 Å². The van der Waals surface area contributed by atoms with Gasteiger partial charge in [0.1, 0.15) is 0 Å². The second kappa shape index (κ2) is 12.1. The lowest BCUT2D eigenvalue weighted by Crippen LogP contribution is -1.92. The number of unbranched alkanes of at least 4 members (excludes halogenated alkanes) is 1. The normalized spacial score (nSPS) is 11.7. The van der Waals surface area contributed by atoms with E-state index in [-0.39, 0.29) is 0 Å². The van der Waals surface area contributed by atoms with Crippen LogP contribution in [0, 0.1) is 0 Å². The van der Waals surface area contributed by atoms with Crippen molar-refractivity contribution < 1.29 is 0 Å². The van der Waals surface area contributed by atoms with Gasteiger partial charge in [0.15, 0.2) is 0 Å². The van der Waals surface area contributed by atoms with E-state index < -0.39 is 0 Å². The summed E-state index contributed by atoms with van der Waals surface area (Å²) < 4.78 is 0. The van der Waals surface area contributed by atoms with E-state index in [0.29, 0.717) is 0 Å². The first-order valence-corrected chi connectivity index (χ1v) is 5.62. The van der Waals surface area contributed by atoms with Gasteiger partial charge >= 0.3 is 0 Å². The molecule has 0 rings (SSSR count). The molecule has 64 valence electrons. The van der Waals surface area contributed by atoms with Crippen LogP contribution in [0.25, 0.3) is 0 Å². The molecule has 0 aromatic heterocycles. The lowest BCUT2D eigenvalue weighted by molar-refractivity contribution is 0.714. The maximum Gasteiger partial charge on any atom is 0.00159 e. The second-order valence-electron chi connectivity index (χ2n) is 2.19. The minimum Gasteiger partial charge on any atom is -0.162 e. The van der Waals surface area contributed by atoms with Crippen LogP contribution in [0.15, 0.2) is 0 Å². The van der Waals surface area contributed by atoms with Gasteiger partial charge in [-0.2, -0.15) is 11.8 Å². The molecule has 10 heavy (non-hydrogen) atoms. The SMILES string of the molecule is CC.CCCCC(C)SC. The van der Waals surface area contributed by atoms with Gasteiger partial charge in [0.05, 0.1) is 0 Å². The summed E-state index contributed by atoms with van der Waals surface area (Å²) in [6.45, 7) is 8.54. The van der Waals surface area contributed by atoms with Gasteiger partial charge in [-0.3, -0.25) is 0 Å². The van der Waals surface area contributed by atoms with E-state index in [2.05, 4.69) is 20.1 Å². The third-order valence-electron chi connectivity index (χ3n) is 1.37. The zero-order valence-electron chi connectivity index (χ0n) is 8.11. The molecule has 1 heteroatoms. The largest absolute Gasteiger partial charge is 0.162 e. The fraction of sp³-hybridized carbons (Fsp3) is 1.00. The molecule has 0 aliphatic heterocycles. The molecular formula is C9H22S. The molecule has 0 aliphatic rings. The fourth-order valence-corrected chi connectivity index (χ4v) is 1.01. The molecule has 0 saturated carbocycles. The lowest BCUT2D eigenvalue weighted by Gasteiger charge is -2.04. The summed E-state index contributed by atoms with van der Waals surface area (Å²) >= 11 is 1.96. The first kappa shape index (κ1) is 13.0. The van der Waals surface area contributed by atoms with Crippen LogP contribution in [0.3, 0.4) is 0 Å². The topological polar surface area (TPSA) is 0 Å². The van der Waals surface area contributed by atoms with Gasteiger partial charge in [0.2, 0.25) is 0 Å². The Hall–Kier alpha value is 0.350. The molecule has 0 bridgehead atoms. The summed E-state index contributed by atoms with van der Waals surface area (Å²) in [5, 5.41) is 0.870. The smallest absolute Gasteiger partial charge is 0.00159 e. The summed E-state index contributed by atoms with van der Waals surface area (Å²) in [4.78, 5) is 0. The van der Waals surface area contributed by atoms with Crippen molar-refractivity contribution in [3.63, 3.8) is 0 Å². The van der Waals surface area contributed by atoms with E-state index in [1.807, 2.05) is 25.6 Å². The Balaban J connectivity index is 0. The van der Waals surface area contributed by atoms with Gasteiger partial charge in [0, 0.05) is 5.25 Å². The van der Waals surface area contributed by atoms with E-state index in [9.17, 15) is 0 Å². The highest BCUT2D eigenvalue weighted by molar-refractivity contribution is 7.99. The van der Waals surface area contributed by atoms with Gasteiger partial charge in [-0.25, -0.2) is 0 Å². The molecule has 0 heterocycles. The molecule has 0 aromatic carbocycles. The van der Waals surface area contributed by atoms with Gasteiger partial charge in [-0.1, -0.05) is 40.5 Å². The molecule has 0 nitrogen and oxygen atoms in total. The zero-order chi connectivity index (χ0) is 8.41. The number of hydrogen-bond acceptors (Lipinski definition) is 1. The van der Waals surface area contributed by atoms with Crippen molar-refractivity contribution in [1.29, 1.82) is 0 Å². The van der Waals surface area contributed by atoms with Crippen LogP contribution in [0.2, 0.25) is 0 Å². The highest BCUT2D eigenvalue weighted by Gasteiger charge is 1.95. The Kier molecular flexibility index (Phi) is 15.7. The number of thioether (sulfide) groups is 1. The van der Waals surface area contributed by atoms with Crippen molar-refractivity contribution in [2.24, 2.45) is 0 Å². The number of hydrogen-bond donors (Lipinski definition) is 0. The van der Waals surface area contributed by atoms with Crippen molar-refractivity contribution in [1.82, 2.24) is 0 Å². The Morgan fingerprint density at radius 2 is 1.80 bits per heavy atom.